The summed E-state index contributed by atoms with van der Waals surface area (Å²) in [5.41, 5.74) is 1.92. The normalized spacial score (nSPS) is 11.7. The predicted octanol–water partition coefficient (Wildman–Crippen LogP) is 4.03. The average Bonchev–Trinajstić information content (AvgIpc) is 2.54. The number of aliphatic carboxylic acids is 1. The van der Waals surface area contributed by atoms with Crippen molar-refractivity contribution >= 4 is 5.97 Å². The van der Waals surface area contributed by atoms with Gasteiger partial charge in [0, 0.05) is 0 Å². The van der Waals surface area contributed by atoms with Gasteiger partial charge >= 0.3 is 5.97 Å². The number of ether oxygens (including phenoxy) is 2. The molecule has 0 bridgehead atoms. The van der Waals surface area contributed by atoms with Gasteiger partial charge in [0.15, 0.2) is 0 Å². The molecule has 0 aliphatic carbocycles. The minimum Gasteiger partial charge on any atom is -0.494 e. The fourth-order valence-corrected chi connectivity index (χ4v) is 2.32. The van der Waals surface area contributed by atoms with Crippen molar-refractivity contribution in [1.29, 1.82) is 0 Å². The third-order valence-electron chi connectivity index (χ3n) is 3.59. The molecule has 2 aromatic rings. The lowest BCUT2D eigenvalue weighted by molar-refractivity contribution is -0.139. The molecule has 0 aromatic heterocycles. The van der Waals surface area contributed by atoms with E-state index in [1.807, 2.05) is 38.1 Å². The molecule has 0 fully saturated rings. The van der Waals surface area contributed by atoms with E-state index in [-0.39, 0.29) is 0 Å². The Morgan fingerprint density at radius 1 is 1.00 bits per heavy atom. The molecule has 0 saturated heterocycles. The van der Waals surface area contributed by atoms with E-state index in [4.69, 9.17) is 9.47 Å². The maximum atomic E-state index is 11.5. The molecule has 0 heterocycles. The fourth-order valence-electron chi connectivity index (χ4n) is 2.32. The molecule has 0 amide bonds. The molecular weight excluding hydrogens is 292 g/mol. The van der Waals surface area contributed by atoms with Crippen molar-refractivity contribution in [2.75, 3.05) is 13.2 Å². The summed E-state index contributed by atoms with van der Waals surface area (Å²) in [6, 6.07) is 14.9. The number of carboxylic acid groups (broad SMARTS) is 1. The van der Waals surface area contributed by atoms with Crippen molar-refractivity contribution in [3.05, 3.63) is 59.7 Å². The number of aryl methyl sites for hydroxylation is 1. The summed E-state index contributed by atoms with van der Waals surface area (Å²) in [6.07, 6.45) is 0.414. The lowest BCUT2D eigenvalue weighted by atomic mass is 9.96. The molecule has 0 radical (unpaired) electrons. The quantitative estimate of drug-likeness (QED) is 0.799. The van der Waals surface area contributed by atoms with E-state index >= 15 is 0 Å². The summed E-state index contributed by atoms with van der Waals surface area (Å²) in [4.78, 5) is 11.5. The highest BCUT2D eigenvalue weighted by Crippen LogP contribution is 2.23. The molecule has 122 valence electrons. The van der Waals surface area contributed by atoms with Crippen molar-refractivity contribution in [2.24, 2.45) is 0 Å². The summed E-state index contributed by atoms with van der Waals surface area (Å²) >= 11 is 0. The van der Waals surface area contributed by atoms with Crippen LogP contribution in [0.15, 0.2) is 48.5 Å². The van der Waals surface area contributed by atoms with E-state index < -0.39 is 11.9 Å². The van der Waals surface area contributed by atoms with Gasteiger partial charge in [-0.3, -0.25) is 4.79 Å². The van der Waals surface area contributed by atoms with Gasteiger partial charge in [0.05, 0.1) is 19.1 Å². The Morgan fingerprint density at radius 2 is 1.57 bits per heavy atom. The molecule has 0 spiro atoms. The number of carboxylic acids is 1. The van der Waals surface area contributed by atoms with Gasteiger partial charge in [-0.2, -0.15) is 0 Å². The molecule has 0 saturated carbocycles. The Hall–Kier alpha value is -2.49. The minimum atomic E-state index is -0.846. The van der Waals surface area contributed by atoms with E-state index in [0.29, 0.717) is 19.6 Å². The van der Waals surface area contributed by atoms with Crippen molar-refractivity contribution in [3.63, 3.8) is 0 Å². The molecule has 1 unspecified atom stereocenters. The van der Waals surface area contributed by atoms with Gasteiger partial charge in [0.1, 0.15) is 11.5 Å². The maximum Gasteiger partial charge on any atom is 0.311 e. The van der Waals surface area contributed by atoms with Crippen LogP contribution in [0.1, 0.15) is 30.4 Å². The Balaban J connectivity index is 1.95. The zero-order valence-electron chi connectivity index (χ0n) is 13.5. The number of hydrogen-bond donors (Lipinski definition) is 1. The molecular formula is C19H22O4. The largest absolute Gasteiger partial charge is 0.494 e. The standard InChI is InChI=1S/C19H22O4/c1-3-22-16-10-6-15(7-11-16)18(19(20)21)12-13-23-17-8-4-14(2)5-9-17/h4-11,18H,3,12-13H2,1-2H3,(H,20,21). The van der Waals surface area contributed by atoms with Crippen molar-refractivity contribution in [3.8, 4) is 11.5 Å². The molecule has 4 heteroatoms. The fraction of sp³-hybridized carbons (Fsp3) is 0.316. The first-order valence-electron chi connectivity index (χ1n) is 7.75. The van der Waals surface area contributed by atoms with Gasteiger partial charge in [-0.25, -0.2) is 0 Å². The zero-order chi connectivity index (χ0) is 16.7. The van der Waals surface area contributed by atoms with Crippen LogP contribution in [0.4, 0.5) is 0 Å². The average molecular weight is 314 g/mol. The van der Waals surface area contributed by atoms with Gasteiger partial charge in [-0.1, -0.05) is 29.8 Å². The molecule has 0 aliphatic rings. The third kappa shape index (κ3) is 5.02. The SMILES string of the molecule is CCOc1ccc(C(CCOc2ccc(C)cc2)C(=O)O)cc1. The molecule has 23 heavy (non-hydrogen) atoms. The van der Waals surface area contributed by atoms with Gasteiger partial charge in [-0.05, 0) is 50.1 Å². The first kappa shape index (κ1) is 16.9. The number of hydrogen-bond acceptors (Lipinski definition) is 3. The zero-order valence-corrected chi connectivity index (χ0v) is 13.5. The highest BCUT2D eigenvalue weighted by atomic mass is 16.5. The van der Waals surface area contributed by atoms with Crippen LogP contribution in [0.25, 0.3) is 0 Å². The van der Waals surface area contributed by atoms with Crippen LogP contribution in [0, 0.1) is 6.92 Å². The van der Waals surface area contributed by atoms with Crippen LogP contribution in [0.3, 0.4) is 0 Å². The molecule has 4 nitrogen and oxygen atoms in total. The summed E-state index contributed by atoms with van der Waals surface area (Å²) < 4.78 is 11.0. The smallest absolute Gasteiger partial charge is 0.311 e. The summed E-state index contributed by atoms with van der Waals surface area (Å²) in [5, 5.41) is 9.45. The Morgan fingerprint density at radius 3 is 2.13 bits per heavy atom. The lowest BCUT2D eigenvalue weighted by Crippen LogP contribution is -2.15. The van der Waals surface area contributed by atoms with E-state index in [9.17, 15) is 9.90 Å². The van der Waals surface area contributed by atoms with E-state index in [1.165, 1.54) is 0 Å². The van der Waals surface area contributed by atoms with Crippen LogP contribution in [0.2, 0.25) is 0 Å². The highest BCUT2D eigenvalue weighted by molar-refractivity contribution is 5.76. The Bertz CT molecular complexity index is 617. The van der Waals surface area contributed by atoms with E-state index in [1.54, 1.807) is 24.3 Å². The molecule has 1 atom stereocenters. The lowest BCUT2D eigenvalue weighted by Gasteiger charge is -2.14. The van der Waals surface area contributed by atoms with Crippen molar-refractivity contribution in [1.82, 2.24) is 0 Å². The first-order chi connectivity index (χ1) is 11.1. The minimum absolute atomic E-state index is 0.354. The third-order valence-corrected chi connectivity index (χ3v) is 3.59. The number of rotatable bonds is 8. The topological polar surface area (TPSA) is 55.8 Å². The van der Waals surface area contributed by atoms with Crippen molar-refractivity contribution < 1.29 is 19.4 Å². The maximum absolute atomic E-state index is 11.5. The molecule has 0 aliphatic heterocycles. The van der Waals surface area contributed by atoms with Gasteiger partial charge in [-0.15, -0.1) is 0 Å². The Labute approximate surface area is 136 Å². The number of carbonyl (C=O) groups is 1. The first-order valence-corrected chi connectivity index (χ1v) is 7.75. The van der Waals surface area contributed by atoms with Crippen LogP contribution in [-0.2, 0) is 4.79 Å². The number of benzene rings is 2. The van der Waals surface area contributed by atoms with E-state index in [2.05, 4.69) is 0 Å². The van der Waals surface area contributed by atoms with Gasteiger partial charge < -0.3 is 14.6 Å². The second-order valence-corrected chi connectivity index (χ2v) is 5.34. The summed E-state index contributed by atoms with van der Waals surface area (Å²) in [5.74, 6) is 0.0699. The molecule has 2 aromatic carbocycles. The van der Waals surface area contributed by atoms with Crippen LogP contribution < -0.4 is 9.47 Å². The van der Waals surface area contributed by atoms with Crippen LogP contribution in [0.5, 0.6) is 11.5 Å². The van der Waals surface area contributed by atoms with Gasteiger partial charge in [0.2, 0.25) is 0 Å². The predicted molar refractivity (Wildman–Crippen MR) is 89.3 cm³/mol. The van der Waals surface area contributed by atoms with Crippen molar-refractivity contribution in [2.45, 2.75) is 26.2 Å². The van der Waals surface area contributed by atoms with E-state index in [0.717, 1.165) is 22.6 Å². The monoisotopic (exact) mass is 314 g/mol. The molecule has 2 rings (SSSR count). The van der Waals surface area contributed by atoms with Crippen LogP contribution >= 0.6 is 0 Å². The second-order valence-electron chi connectivity index (χ2n) is 5.34. The molecule has 1 N–H and O–H groups in total. The Kier molecular flexibility index (Phi) is 6.03. The summed E-state index contributed by atoms with van der Waals surface area (Å²) in [7, 11) is 0. The summed E-state index contributed by atoms with van der Waals surface area (Å²) in [6.45, 7) is 4.87. The second kappa shape index (κ2) is 8.22. The highest BCUT2D eigenvalue weighted by Gasteiger charge is 2.19. The van der Waals surface area contributed by atoms with Crippen LogP contribution in [-0.4, -0.2) is 24.3 Å². The van der Waals surface area contributed by atoms with Gasteiger partial charge in [0.25, 0.3) is 0 Å².